The molecule has 4 heteroatoms. The first-order valence-corrected chi connectivity index (χ1v) is 9.71. The van der Waals surface area contributed by atoms with Crippen LogP contribution in [0, 0.1) is 17.6 Å². The van der Waals surface area contributed by atoms with Crippen molar-refractivity contribution in [3.63, 3.8) is 0 Å². The highest BCUT2D eigenvalue weighted by Gasteiger charge is 2.30. The van der Waals surface area contributed by atoms with E-state index in [1.807, 2.05) is 18.2 Å². The molecule has 3 aromatic carbocycles. The highest BCUT2D eigenvalue weighted by Crippen LogP contribution is 2.34. The summed E-state index contributed by atoms with van der Waals surface area (Å²) in [5, 5.41) is 3.55. The Kier molecular flexibility index (Phi) is 5.68. The van der Waals surface area contributed by atoms with Crippen molar-refractivity contribution in [2.75, 3.05) is 18.4 Å². The van der Waals surface area contributed by atoms with Gasteiger partial charge < -0.3 is 5.32 Å². The lowest BCUT2D eigenvalue weighted by Gasteiger charge is -2.27. The van der Waals surface area contributed by atoms with Crippen molar-refractivity contribution in [1.29, 1.82) is 0 Å². The van der Waals surface area contributed by atoms with Gasteiger partial charge in [0.15, 0.2) is 0 Å². The van der Waals surface area contributed by atoms with Gasteiger partial charge in [0.05, 0.1) is 6.04 Å². The van der Waals surface area contributed by atoms with Crippen molar-refractivity contribution in [3.05, 3.63) is 102 Å². The summed E-state index contributed by atoms with van der Waals surface area (Å²) >= 11 is 0. The molecule has 1 saturated heterocycles. The summed E-state index contributed by atoms with van der Waals surface area (Å²) in [5.74, 6) is -0.0978. The van der Waals surface area contributed by atoms with Gasteiger partial charge in [-0.1, -0.05) is 42.5 Å². The molecule has 4 rings (SSSR count). The van der Waals surface area contributed by atoms with Gasteiger partial charge in [-0.25, -0.2) is 8.78 Å². The second kappa shape index (κ2) is 8.53. The summed E-state index contributed by atoms with van der Waals surface area (Å²) in [6, 6.07) is 23.7. The van der Waals surface area contributed by atoms with Crippen LogP contribution in [-0.2, 0) is 6.54 Å². The molecule has 2 atom stereocenters. The number of anilines is 1. The number of likely N-dealkylation sites (tertiary alicyclic amines) is 1. The van der Waals surface area contributed by atoms with Crippen LogP contribution in [0.2, 0.25) is 0 Å². The Morgan fingerprint density at radius 1 is 0.857 bits per heavy atom. The van der Waals surface area contributed by atoms with Crippen LogP contribution in [0.15, 0.2) is 78.9 Å². The van der Waals surface area contributed by atoms with Crippen molar-refractivity contribution in [2.45, 2.75) is 19.0 Å². The summed E-state index contributed by atoms with van der Waals surface area (Å²) < 4.78 is 26.7. The Hall–Kier alpha value is -2.72. The SMILES string of the molecule is Fc1ccc(NC(c2ccc(F)cc2)C2CCN(Cc3ccccc3)C2)cc1. The molecular weight excluding hydrogens is 354 g/mol. The summed E-state index contributed by atoms with van der Waals surface area (Å²) in [4.78, 5) is 2.46. The number of hydrogen-bond donors (Lipinski definition) is 1. The van der Waals surface area contributed by atoms with E-state index in [1.165, 1.54) is 29.8 Å². The normalized spacial score (nSPS) is 18.1. The molecule has 0 amide bonds. The number of rotatable bonds is 6. The van der Waals surface area contributed by atoms with E-state index in [4.69, 9.17) is 0 Å². The summed E-state index contributed by atoms with van der Waals surface area (Å²) in [7, 11) is 0. The van der Waals surface area contributed by atoms with Crippen molar-refractivity contribution in [2.24, 2.45) is 5.92 Å². The molecule has 1 N–H and O–H groups in total. The van der Waals surface area contributed by atoms with Gasteiger partial charge in [-0.3, -0.25) is 4.90 Å². The molecule has 0 spiro atoms. The number of nitrogens with one attached hydrogen (secondary N) is 1. The highest BCUT2D eigenvalue weighted by molar-refractivity contribution is 5.46. The average Bonchev–Trinajstić information content (AvgIpc) is 3.17. The van der Waals surface area contributed by atoms with Crippen LogP contribution in [0.4, 0.5) is 14.5 Å². The van der Waals surface area contributed by atoms with Gasteiger partial charge in [0.25, 0.3) is 0 Å². The van der Waals surface area contributed by atoms with E-state index in [0.29, 0.717) is 5.92 Å². The molecule has 0 aliphatic carbocycles. The zero-order valence-corrected chi connectivity index (χ0v) is 15.7. The fourth-order valence-corrected chi connectivity index (χ4v) is 3.99. The van der Waals surface area contributed by atoms with Gasteiger partial charge >= 0.3 is 0 Å². The second-order valence-electron chi connectivity index (χ2n) is 7.45. The van der Waals surface area contributed by atoms with E-state index in [1.54, 1.807) is 12.1 Å². The van der Waals surface area contributed by atoms with Gasteiger partial charge in [-0.15, -0.1) is 0 Å². The Labute approximate surface area is 164 Å². The van der Waals surface area contributed by atoms with Crippen LogP contribution < -0.4 is 5.32 Å². The van der Waals surface area contributed by atoms with Crippen LogP contribution in [0.5, 0.6) is 0 Å². The maximum Gasteiger partial charge on any atom is 0.123 e. The van der Waals surface area contributed by atoms with Gasteiger partial charge in [0.2, 0.25) is 0 Å². The quantitative estimate of drug-likeness (QED) is 0.597. The first kappa shape index (κ1) is 18.6. The molecular formula is C24H24F2N2. The minimum absolute atomic E-state index is 0.0480. The van der Waals surface area contributed by atoms with Gasteiger partial charge in [-0.2, -0.15) is 0 Å². The zero-order valence-electron chi connectivity index (χ0n) is 15.7. The molecule has 2 nitrogen and oxygen atoms in total. The lowest BCUT2D eigenvalue weighted by atomic mass is 9.92. The highest BCUT2D eigenvalue weighted by atomic mass is 19.1. The third-order valence-corrected chi connectivity index (χ3v) is 5.42. The first-order valence-electron chi connectivity index (χ1n) is 9.71. The number of benzene rings is 3. The smallest absolute Gasteiger partial charge is 0.123 e. The van der Waals surface area contributed by atoms with Crippen LogP contribution >= 0.6 is 0 Å². The van der Waals surface area contributed by atoms with Gasteiger partial charge in [0.1, 0.15) is 11.6 Å². The van der Waals surface area contributed by atoms with E-state index in [2.05, 4.69) is 34.5 Å². The molecule has 0 aromatic heterocycles. The minimum atomic E-state index is -0.251. The molecule has 1 fully saturated rings. The molecule has 144 valence electrons. The average molecular weight is 378 g/mol. The van der Waals surface area contributed by atoms with Gasteiger partial charge in [0, 0.05) is 18.8 Å². The van der Waals surface area contributed by atoms with E-state index in [0.717, 1.165) is 37.3 Å². The Morgan fingerprint density at radius 3 is 2.18 bits per heavy atom. The Bertz CT molecular complexity index is 879. The molecule has 1 aliphatic heterocycles. The Balaban J connectivity index is 1.51. The molecule has 0 radical (unpaired) electrons. The van der Waals surface area contributed by atoms with Crippen molar-refractivity contribution in [3.8, 4) is 0 Å². The predicted molar refractivity (Wildman–Crippen MR) is 109 cm³/mol. The fourth-order valence-electron chi connectivity index (χ4n) is 3.99. The van der Waals surface area contributed by atoms with E-state index in [-0.39, 0.29) is 17.7 Å². The minimum Gasteiger partial charge on any atom is -0.378 e. The summed E-state index contributed by atoms with van der Waals surface area (Å²) in [6.07, 6.45) is 1.06. The largest absolute Gasteiger partial charge is 0.378 e. The monoisotopic (exact) mass is 378 g/mol. The first-order chi connectivity index (χ1) is 13.7. The second-order valence-corrected chi connectivity index (χ2v) is 7.45. The van der Waals surface area contributed by atoms with E-state index < -0.39 is 0 Å². The molecule has 0 bridgehead atoms. The van der Waals surface area contributed by atoms with Crippen molar-refractivity contribution in [1.82, 2.24) is 4.90 Å². The summed E-state index contributed by atoms with van der Waals surface area (Å²) in [5.41, 5.74) is 3.24. The van der Waals surface area contributed by atoms with Crippen molar-refractivity contribution < 1.29 is 8.78 Å². The maximum absolute atomic E-state index is 13.4. The van der Waals surface area contributed by atoms with Crippen molar-refractivity contribution >= 4 is 5.69 Å². The third kappa shape index (κ3) is 4.57. The topological polar surface area (TPSA) is 15.3 Å². The molecule has 3 aromatic rings. The molecule has 1 heterocycles. The van der Waals surface area contributed by atoms with E-state index in [9.17, 15) is 8.78 Å². The van der Waals surface area contributed by atoms with Crippen LogP contribution in [0.1, 0.15) is 23.6 Å². The molecule has 1 aliphatic rings. The van der Waals surface area contributed by atoms with Crippen LogP contribution in [0.3, 0.4) is 0 Å². The van der Waals surface area contributed by atoms with E-state index >= 15 is 0 Å². The third-order valence-electron chi connectivity index (χ3n) is 5.42. The number of hydrogen-bond acceptors (Lipinski definition) is 2. The molecule has 2 unspecified atom stereocenters. The Morgan fingerprint density at radius 2 is 1.50 bits per heavy atom. The lowest BCUT2D eigenvalue weighted by Crippen LogP contribution is -2.25. The van der Waals surface area contributed by atoms with Gasteiger partial charge in [-0.05, 0) is 66.4 Å². The fraction of sp³-hybridized carbons (Fsp3) is 0.250. The lowest BCUT2D eigenvalue weighted by molar-refractivity contribution is 0.309. The van der Waals surface area contributed by atoms with Crippen LogP contribution in [-0.4, -0.2) is 18.0 Å². The summed E-state index contributed by atoms with van der Waals surface area (Å²) in [6.45, 7) is 2.93. The predicted octanol–water partition coefficient (Wildman–Crippen LogP) is 5.64. The molecule has 28 heavy (non-hydrogen) atoms. The maximum atomic E-state index is 13.4. The zero-order chi connectivity index (χ0) is 19.3. The van der Waals surface area contributed by atoms with Crippen LogP contribution in [0.25, 0.3) is 0 Å². The standard InChI is InChI=1S/C24H24F2N2/c25-21-8-6-19(7-9-21)24(27-23-12-10-22(26)11-13-23)20-14-15-28(17-20)16-18-4-2-1-3-5-18/h1-13,20,24,27H,14-17H2. The number of nitrogens with zero attached hydrogens (tertiary/aromatic N) is 1. The molecule has 0 saturated carbocycles. The number of halogens is 2.